The summed E-state index contributed by atoms with van der Waals surface area (Å²) in [7, 11) is 0. The Labute approximate surface area is 108 Å². The lowest BCUT2D eigenvalue weighted by molar-refractivity contribution is -0.0195. The van der Waals surface area contributed by atoms with Crippen LogP contribution in [0.4, 0.5) is 5.82 Å². The number of aromatic nitrogens is 2. The molecule has 1 aromatic heterocycles. The maximum absolute atomic E-state index is 9.81. The molecule has 1 aliphatic rings. The number of ether oxygens (including phenoxy) is 1. The molecule has 1 aliphatic carbocycles. The number of nitrogens with zero attached hydrogens (tertiary/aromatic N) is 2. The minimum atomic E-state index is -0.498. The van der Waals surface area contributed by atoms with E-state index in [1.54, 1.807) is 12.3 Å². The first-order valence-electron chi connectivity index (χ1n) is 6.64. The molecule has 1 aromatic rings. The van der Waals surface area contributed by atoms with Crippen LogP contribution in [-0.4, -0.2) is 40.4 Å². The molecule has 2 N–H and O–H groups in total. The van der Waals surface area contributed by atoms with E-state index in [2.05, 4.69) is 15.3 Å². The summed E-state index contributed by atoms with van der Waals surface area (Å²) in [6, 6.07) is 1.77. The van der Waals surface area contributed by atoms with Gasteiger partial charge in [-0.25, -0.2) is 9.97 Å². The Morgan fingerprint density at radius 3 is 2.94 bits per heavy atom. The number of rotatable bonds is 6. The van der Waals surface area contributed by atoms with Gasteiger partial charge >= 0.3 is 0 Å². The highest BCUT2D eigenvalue weighted by Gasteiger charge is 2.15. The molecular formula is C13H21N3O2. The fraction of sp³-hybridized carbons (Fsp3) is 0.692. The monoisotopic (exact) mass is 251 g/mol. The van der Waals surface area contributed by atoms with Crippen LogP contribution < -0.4 is 5.32 Å². The van der Waals surface area contributed by atoms with Crippen molar-refractivity contribution in [1.29, 1.82) is 0 Å². The summed E-state index contributed by atoms with van der Waals surface area (Å²) in [5.41, 5.74) is 0. The van der Waals surface area contributed by atoms with Gasteiger partial charge in [0.2, 0.25) is 0 Å². The van der Waals surface area contributed by atoms with E-state index in [1.165, 1.54) is 25.6 Å². The van der Waals surface area contributed by atoms with Gasteiger partial charge < -0.3 is 15.2 Å². The molecule has 2 rings (SSSR count). The Bertz CT molecular complexity index is 328. The maximum Gasteiger partial charge on any atom is 0.129 e. The van der Waals surface area contributed by atoms with Gasteiger partial charge in [-0.2, -0.15) is 0 Å². The summed E-state index contributed by atoms with van der Waals surface area (Å²) in [5, 5.41) is 12.9. The summed E-state index contributed by atoms with van der Waals surface area (Å²) in [6.07, 6.45) is 9.07. The number of nitrogens with one attached hydrogen (secondary N) is 1. The van der Waals surface area contributed by atoms with E-state index in [4.69, 9.17) is 4.74 Å². The first-order valence-corrected chi connectivity index (χ1v) is 6.64. The Morgan fingerprint density at radius 1 is 1.39 bits per heavy atom. The van der Waals surface area contributed by atoms with Crippen molar-refractivity contribution < 1.29 is 9.84 Å². The Balaban J connectivity index is 1.61. The predicted molar refractivity (Wildman–Crippen MR) is 69.4 cm³/mol. The standard InChI is InChI=1S/C13H21N3O2/c17-11(8-15-13-6-7-14-10-16-13)9-18-12-4-2-1-3-5-12/h6-7,10-12,17H,1-5,8-9H2,(H,14,15,16)/t11-/m1/s1. The maximum atomic E-state index is 9.81. The van der Waals surface area contributed by atoms with Crippen LogP contribution in [0.25, 0.3) is 0 Å². The van der Waals surface area contributed by atoms with Crippen molar-refractivity contribution in [3.8, 4) is 0 Å². The van der Waals surface area contributed by atoms with Crippen LogP contribution in [-0.2, 0) is 4.74 Å². The van der Waals surface area contributed by atoms with Crippen LogP contribution in [0.15, 0.2) is 18.6 Å². The van der Waals surface area contributed by atoms with Crippen LogP contribution in [0.1, 0.15) is 32.1 Å². The third kappa shape index (κ3) is 4.58. The largest absolute Gasteiger partial charge is 0.389 e. The van der Waals surface area contributed by atoms with Crippen molar-refractivity contribution in [1.82, 2.24) is 9.97 Å². The van der Waals surface area contributed by atoms with Crippen molar-refractivity contribution in [2.45, 2.75) is 44.3 Å². The van der Waals surface area contributed by atoms with Gasteiger partial charge in [-0.1, -0.05) is 19.3 Å². The van der Waals surface area contributed by atoms with E-state index in [0.29, 0.717) is 19.3 Å². The molecule has 0 aromatic carbocycles. The van der Waals surface area contributed by atoms with Gasteiger partial charge in [0, 0.05) is 12.7 Å². The molecule has 1 saturated carbocycles. The van der Waals surface area contributed by atoms with Crippen LogP contribution in [0.3, 0.4) is 0 Å². The highest BCUT2D eigenvalue weighted by Crippen LogP contribution is 2.20. The minimum Gasteiger partial charge on any atom is -0.389 e. The molecule has 18 heavy (non-hydrogen) atoms. The lowest BCUT2D eigenvalue weighted by Crippen LogP contribution is -2.28. The zero-order chi connectivity index (χ0) is 12.6. The van der Waals surface area contributed by atoms with Crippen LogP contribution in [0.2, 0.25) is 0 Å². The number of hydrogen-bond donors (Lipinski definition) is 2. The van der Waals surface area contributed by atoms with E-state index < -0.39 is 6.10 Å². The minimum absolute atomic E-state index is 0.340. The van der Waals surface area contributed by atoms with Crippen molar-refractivity contribution in [3.05, 3.63) is 18.6 Å². The zero-order valence-corrected chi connectivity index (χ0v) is 10.6. The molecule has 0 bridgehead atoms. The van der Waals surface area contributed by atoms with Crippen LogP contribution in [0, 0.1) is 0 Å². The molecule has 0 unspecified atom stereocenters. The molecule has 0 radical (unpaired) electrons. The predicted octanol–water partition coefficient (Wildman–Crippen LogP) is 1.60. The second kappa shape index (κ2) is 7.28. The smallest absolute Gasteiger partial charge is 0.129 e. The average Bonchev–Trinajstić information content (AvgIpc) is 2.45. The first kappa shape index (κ1) is 13.2. The number of aliphatic hydroxyl groups is 1. The fourth-order valence-electron chi connectivity index (χ4n) is 2.16. The van der Waals surface area contributed by atoms with Gasteiger partial charge in [-0.3, -0.25) is 0 Å². The van der Waals surface area contributed by atoms with E-state index in [-0.39, 0.29) is 0 Å². The molecule has 5 nitrogen and oxygen atoms in total. The van der Waals surface area contributed by atoms with Crippen molar-refractivity contribution in [2.75, 3.05) is 18.5 Å². The van der Waals surface area contributed by atoms with Crippen molar-refractivity contribution >= 4 is 5.82 Å². The lowest BCUT2D eigenvalue weighted by Gasteiger charge is -2.23. The molecule has 1 fully saturated rings. The van der Waals surface area contributed by atoms with Crippen molar-refractivity contribution in [2.24, 2.45) is 0 Å². The average molecular weight is 251 g/mol. The summed E-state index contributed by atoms with van der Waals surface area (Å²) in [6.45, 7) is 0.840. The van der Waals surface area contributed by atoms with Gasteiger partial charge in [-0.15, -0.1) is 0 Å². The van der Waals surface area contributed by atoms with E-state index >= 15 is 0 Å². The zero-order valence-electron chi connectivity index (χ0n) is 10.6. The van der Waals surface area contributed by atoms with Gasteiger partial charge in [0.05, 0.1) is 18.8 Å². The van der Waals surface area contributed by atoms with Gasteiger partial charge in [0.25, 0.3) is 0 Å². The summed E-state index contributed by atoms with van der Waals surface area (Å²) in [5.74, 6) is 0.724. The molecule has 0 amide bonds. The number of hydrogen-bond acceptors (Lipinski definition) is 5. The first-order chi connectivity index (χ1) is 8.84. The molecule has 100 valence electrons. The Morgan fingerprint density at radius 2 is 2.22 bits per heavy atom. The fourth-order valence-corrected chi connectivity index (χ4v) is 2.16. The second-order valence-electron chi connectivity index (χ2n) is 4.72. The van der Waals surface area contributed by atoms with Gasteiger partial charge in [0.1, 0.15) is 12.1 Å². The normalized spacial score (nSPS) is 18.5. The molecule has 1 heterocycles. The number of anilines is 1. The SMILES string of the molecule is O[C@H](CNc1ccncn1)COC1CCCCC1. The summed E-state index contributed by atoms with van der Waals surface area (Å²) in [4.78, 5) is 7.86. The Hall–Kier alpha value is -1.20. The third-order valence-electron chi connectivity index (χ3n) is 3.18. The third-order valence-corrected chi connectivity index (χ3v) is 3.18. The second-order valence-corrected chi connectivity index (χ2v) is 4.72. The van der Waals surface area contributed by atoms with E-state index in [9.17, 15) is 5.11 Å². The lowest BCUT2D eigenvalue weighted by atomic mass is 9.98. The molecule has 0 spiro atoms. The van der Waals surface area contributed by atoms with Gasteiger partial charge in [0.15, 0.2) is 0 Å². The van der Waals surface area contributed by atoms with Crippen LogP contribution >= 0.6 is 0 Å². The molecule has 0 saturated heterocycles. The quantitative estimate of drug-likeness (QED) is 0.804. The van der Waals surface area contributed by atoms with E-state index in [1.807, 2.05) is 0 Å². The summed E-state index contributed by atoms with van der Waals surface area (Å²) < 4.78 is 5.71. The topological polar surface area (TPSA) is 67.3 Å². The molecular weight excluding hydrogens is 230 g/mol. The van der Waals surface area contributed by atoms with E-state index in [0.717, 1.165) is 18.7 Å². The highest BCUT2D eigenvalue weighted by atomic mass is 16.5. The van der Waals surface area contributed by atoms with Gasteiger partial charge in [-0.05, 0) is 18.9 Å². The van der Waals surface area contributed by atoms with Crippen LogP contribution in [0.5, 0.6) is 0 Å². The Kier molecular flexibility index (Phi) is 5.36. The van der Waals surface area contributed by atoms with Crippen molar-refractivity contribution in [3.63, 3.8) is 0 Å². The summed E-state index contributed by atoms with van der Waals surface area (Å²) >= 11 is 0. The molecule has 5 heteroatoms. The highest BCUT2D eigenvalue weighted by molar-refractivity contribution is 5.31. The molecule has 1 atom stereocenters. The number of aliphatic hydroxyl groups excluding tert-OH is 1. The molecule has 0 aliphatic heterocycles.